The molecular formula is C89H98N2O17Si. The molecule has 0 aromatic heterocycles. The Labute approximate surface area is 639 Å². The predicted octanol–water partition coefficient (Wildman–Crippen LogP) is 15.7. The van der Waals surface area contributed by atoms with Crippen LogP contribution in [0.4, 0.5) is 0 Å². The number of methoxy groups -OCH3 is 3. The third-order valence-corrected chi connectivity index (χ3v) is 18.4. The van der Waals surface area contributed by atoms with E-state index in [9.17, 15) is 38.4 Å². The molecule has 1 aliphatic carbocycles. The van der Waals surface area contributed by atoms with Crippen LogP contribution in [-0.4, -0.2) is 118 Å². The van der Waals surface area contributed by atoms with Crippen LogP contribution in [0, 0.1) is 11.8 Å². The van der Waals surface area contributed by atoms with Crippen molar-refractivity contribution in [3.8, 4) is 28.7 Å². The standard InChI is InChI=1S/C42H30O4.C18H22O4.C16H26N2O4.C13H20O5Si/c43-37-38(44)40(46-42(34-25-13-4-14-26-34,35-27-15-5-16-28-35)36-29-17-6-18-30-36)39(37)45-41(31-19-7-1-8-20-31,32-21-9-2-10-22-32)33-23-11-3-12-24-33;1-17(2,3)21-15-13(19)11-9-7-8-10-12(11)14(20)16(15)22-18(4,5)6;1-11-7-13(19)17(9-11)5-6-18-10-12(8-14(18)20)15(21)22-16(2,3)4;1-15-10-7-9(13(14)18-19(4,5)6)8-11(16-2)12(10)17-3/h1-30H;7-10H,1-6H3;11-12H,5-10H2,1-4H3;7-8H,1-6H3. The van der Waals surface area contributed by atoms with Crippen molar-refractivity contribution in [1.82, 2.24) is 9.80 Å². The Hall–Kier alpha value is -11.4. The molecule has 20 heteroatoms. The molecule has 2 heterocycles. The second-order valence-electron chi connectivity index (χ2n) is 30.7. The number of ether oxygens (including phenoxy) is 8. The summed E-state index contributed by atoms with van der Waals surface area (Å²) in [7, 11) is 2.58. The molecule has 3 aliphatic rings. The van der Waals surface area contributed by atoms with Crippen molar-refractivity contribution in [2.75, 3.05) is 47.5 Å². The minimum absolute atomic E-state index is 0.00822. The van der Waals surface area contributed by atoms with Crippen LogP contribution in [0.2, 0.25) is 19.6 Å². The first kappa shape index (κ1) is 81.7. The van der Waals surface area contributed by atoms with E-state index < -0.39 is 47.2 Å². The highest BCUT2D eigenvalue weighted by molar-refractivity contribution is 6.71. The summed E-state index contributed by atoms with van der Waals surface area (Å²) in [6.45, 7) is 26.5. The monoisotopic (exact) mass is 1490 g/mol. The molecule has 19 nitrogen and oxygen atoms in total. The molecule has 2 amide bonds. The molecule has 570 valence electrons. The molecule has 2 unspecified atom stereocenters. The van der Waals surface area contributed by atoms with Crippen LogP contribution in [0.15, 0.2) is 239 Å². The first-order valence-electron chi connectivity index (χ1n) is 36.3. The van der Waals surface area contributed by atoms with Gasteiger partial charge in [0.15, 0.2) is 22.7 Å². The van der Waals surface area contributed by atoms with E-state index in [0.717, 1.165) is 39.9 Å². The van der Waals surface area contributed by atoms with Gasteiger partial charge in [0.1, 0.15) is 16.8 Å². The molecule has 2 fully saturated rings. The van der Waals surface area contributed by atoms with Crippen molar-refractivity contribution in [2.24, 2.45) is 11.8 Å². The summed E-state index contributed by atoms with van der Waals surface area (Å²) in [5, 5.41) is 0. The van der Waals surface area contributed by atoms with E-state index in [1.54, 1.807) is 46.2 Å². The first-order chi connectivity index (χ1) is 51.6. The number of benzene rings is 8. The second-order valence-corrected chi connectivity index (χ2v) is 35.1. The first-order valence-corrected chi connectivity index (χ1v) is 39.7. The number of ketones is 2. The zero-order valence-corrected chi connectivity index (χ0v) is 66.0. The number of hydrogen-bond acceptors (Lipinski definition) is 17. The summed E-state index contributed by atoms with van der Waals surface area (Å²) < 4.78 is 51.8. The molecular weight excluding hydrogens is 1400 g/mol. The van der Waals surface area contributed by atoms with Crippen LogP contribution < -0.4 is 34.5 Å². The van der Waals surface area contributed by atoms with Gasteiger partial charge in [0.25, 0.3) is 10.9 Å². The number of fused-ring (bicyclic) bond motifs is 1. The van der Waals surface area contributed by atoms with Crippen molar-refractivity contribution in [3.05, 3.63) is 300 Å². The van der Waals surface area contributed by atoms with Gasteiger partial charge in [0.2, 0.25) is 60.5 Å². The molecule has 9 aromatic carbocycles. The normalized spacial score (nSPS) is 15.2. The van der Waals surface area contributed by atoms with Crippen LogP contribution in [0.5, 0.6) is 28.7 Å². The number of amides is 2. The van der Waals surface area contributed by atoms with Gasteiger partial charge in [-0.1, -0.05) is 213 Å². The van der Waals surface area contributed by atoms with Gasteiger partial charge in [-0.05, 0) is 100 Å². The quantitative estimate of drug-likeness (QED) is 0.0282. The van der Waals surface area contributed by atoms with Crippen LogP contribution >= 0.6 is 0 Å². The van der Waals surface area contributed by atoms with Crippen molar-refractivity contribution in [1.29, 1.82) is 0 Å². The Morgan fingerprint density at radius 2 is 0.734 bits per heavy atom. The lowest BCUT2D eigenvalue weighted by Crippen LogP contribution is -2.46. The Balaban J connectivity index is 0.000000183. The molecule has 0 saturated carbocycles. The van der Waals surface area contributed by atoms with Gasteiger partial charge in [-0.15, -0.1) is 0 Å². The maximum absolute atomic E-state index is 13.6. The highest BCUT2D eigenvalue weighted by Gasteiger charge is 2.47. The predicted molar refractivity (Wildman–Crippen MR) is 421 cm³/mol. The highest BCUT2D eigenvalue weighted by Crippen LogP contribution is 2.47. The minimum atomic E-state index is -1.94. The molecule has 0 radical (unpaired) electrons. The zero-order valence-electron chi connectivity index (χ0n) is 65.0. The summed E-state index contributed by atoms with van der Waals surface area (Å²) in [5.74, 6) is -0.126. The number of likely N-dealkylation sites (tertiary alicyclic amines) is 2. The fourth-order valence-corrected chi connectivity index (χ4v) is 13.5. The third-order valence-electron chi connectivity index (χ3n) is 17.6. The van der Waals surface area contributed by atoms with Gasteiger partial charge in [-0.2, -0.15) is 0 Å². The van der Waals surface area contributed by atoms with Gasteiger partial charge < -0.3 is 52.1 Å². The highest BCUT2D eigenvalue weighted by atomic mass is 28.4. The average Bonchev–Trinajstić information content (AvgIpc) is 1.01. The van der Waals surface area contributed by atoms with E-state index in [1.807, 2.05) is 264 Å². The fourth-order valence-electron chi connectivity index (χ4n) is 12.9. The summed E-state index contributed by atoms with van der Waals surface area (Å²) in [6.07, 6.45) is 0.799. The van der Waals surface area contributed by atoms with E-state index in [-0.39, 0.29) is 70.7 Å². The number of rotatable bonds is 21. The number of Topliss-reactive ketones (excluding diaryl/α,β-unsaturated/α-hetero) is 2. The van der Waals surface area contributed by atoms with Gasteiger partial charge in [-0.3, -0.25) is 33.6 Å². The van der Waals surface area contributed by atoms with E-state index in [1.165, 1.54) is 21.3 Å². The molecule has 9 aromatic rings. The van der Waals surface area contributed by atoms with Crippen LogP contribution in [0.25, 0.3) is 0 Å². The smallest absolute Gasteiger partial charge is 0.325 e. The number of carbonyl (C=O) groups excluding carboxylic acids is 6. The van der Waals surface area contributed by atoms with Crippen molar-refractivity contribution >= 4 is 43.6 Å². The van der Waals surface area contributed by atoms with Gasteiger partial charge in [0, 0.05) is 83.5 Å². The van der Waals surface area contributed by atoms with Crippen molar-refractivity contribution < 1.29 is 71.1 Å². The summed E-state index contributed by atoms with van der Waals surface area (Å²) >= 11 is 0. The maximum atomic E-state index is 13.6. The number of nitrogens with zero attached hydrogens (tertiary/aromatic N) is 2. The Morgan fingerprint density at radius 3 is 1.02 bits per heavy atom. The lowest BCUT2D eigenvalue weighted by molar-refractivity contribution is -0.159. The van der Waals surface area contributed by atoms with Gasteiger partial charge in [-0.25, -0.2) is 4.79 Å². The number of carbonyl (C=O) groups is 6. The summed E-state index contributed by atoms with van der Waals surface area (Å²) in [6, 6.07) is 68.3. The lowest BCUT2D eigenvalue weighted by Gasteiger charge is -2.39. The van der Waals surface area contributed by atoms with Crippen LogP contribution in [-0.2, 0) is 44.2 Å². The number of allylic oxidation sites excluding steroid dienone is 2. The number of hydrogen-bond donors (Lipinski definition) is 0. The molecule has 0 bridgehead atoms. The number of esters is 1. The van der Waals surface area contributed by atoms with Crippen LogP contribution in [0.1, 0.15) is 147 Å². The van der Waals surface area contributed by atoms with E-state index in [0.29, 0.717) is 65.9 Å². The molecule has 109 heavy (non-hydrogen) atoms. The van der Waals surface area contributed by atoms with Gasteiger partial charge in [0.05, 0.1) is 32.8 Å². The average molecular weight is 1500 g/mol. The van der Waals surface area contributed by atoms with Gasteiger partial charge >= 0.3 is 11.9 Å². The summed E-state index contributed by atoms with van der Waals surface area (Å²) in [5.41, 5.74) is 0.141. The lowest BCUT2D eigenvalue weighted by atomic mass is 9.79. The molecule has 2 aliphatic heterocycles. The van der Waals surface area contributed by atoms with E-state index >= 15 is 0 Å². The maximum Gasteiger partial charge on any atom is 0.325 e. The third kappa shape index (κ3) is 19.9. The molecule has 0 N–H and O–H groups in total. The fraction of sp³-hybridized carbons (Fsp3) is 0.326. The SMILES string of the molecule is CC(C)(C)OC1=C(OC(C)(C)C)C(=O)c2ccccc2C1=O.CC1CC(=O)N(CCN2CC(C(=O)OC(C)(C)C)CC2=O)C1.COc1cc(C(=O)O[Si](C)(C)C)cc(OC)c1OC.O=c1c(OC(c2ccccc2)(c2ccccc2)c2ccccc2)c(OC(c2ccccc2)(c2ccccc2)c2ccccc2)c1=O. The molecule has 0 spiro atoms. The van der Waals surface area contributed by atoms with Crippen LogP contribution in [0.3, 0.4) is 0 Å². The van der Waals surface area contributed by atoms with E-state index in [2.05, 4.69) is 6.92 Å². The Bertz CT molecular complexity index is 4330. The minimum Gasteiger partial charge on any atom is -0.516 e. The largest absolute Gasteiger partial charge is 0.516 e. The molecule has 12 rings (SSSR count). The summed E-state index contributed by atoms with van der Waals surface area (Å²) in [4.78, 5) is 104. The van der Waals surface area contributed by atoms with E-state index in [4.69, 9.17) is 42.3 Å². The topological polar surface area (TPSA) is 226 Å². The Kier molecular flexibility index (Phi) is 26.0. The second kappa shape index (κ2) is 34.7. The molecule has 2 atom stereocenters. The molecule has 2 saturated heterocycles. The zero-order chi connectivity index (χ0) is 79.2. The van der Waals surface area contributed by atoms with Crippen molar-refractivity contribution in [3.63, 3.8) is 0 Å². The van der Waals surface area contributed by atoms with Crippen molar-refractivity contribution in [2.45, 2.75) is 130 Å². The Morgan fingerprint density at radius 1 is 0.413 bits per heavy atom.